The summed E-state index contributed by atoms with van der Waals surface area (Å²) in [5.41, 5.74) is 0.902. The first-order chi connectivity index (χ1) is 12.2. The summed E-state index contributed by atoms with van der Waals surface area (Å²) >= 11 is 0. The summed E-state index contributed by atoms with van der Waals surface area (Å²) in [5.74, 6) is 2.93. The molecule has 0 aromatic carbocycles. The third-order valence-corrected chi connectivity index (χ3v) is 8.63. The molecular formula is C23H37NO2. The highest BCUT2D eigenvalue weighted by molar-refractivity contribution is 6.02. The minimum atomic E-state index is -0.175. The fourth-order valence-corrected chi connectivity index (χ4v) is 7.21. The van der Waals surface area contributed by atoms with Crippen LogP contribution in [0, 0.1) is 34.5 Å². The molecule has 0 radical (unpaired) electrons. The number of fused-ring (bicyclic) bond motifs is 5. The number of amides is 1. The number of likely N-dealkylation sites (tertiary alicyclic amines) is 1. The molecule has 3 heteroatoms. The van der Waals surface area contributed by atoms with Gasteiger partial charge in [0.25, 0.3) is 0 Å². The predicted molar refractivity (Wildman–Crippen MR) is 106 cm³/mol. The third-order valence-electron chi connectivity index (χ3n) is 8.63. The maximum absolute atomic E-state index is 12.7. The summed E-state index contributed by atoms with van der Waals surface area (Å²) < 4.78 is 0. The fourth-order valence-electron chi connectivity index (χ4n) is 7.21. The van der Waals surface area contributed by atoms with Crippen molar-refractivity contribution in [3.05, 3.63) is 12.2 Å². The van der Waals surface area contributed by atoms with Crippen molar-refractivity contribution in [3.63, 3.8) is 0 Å². The highest BCUT2D eigenvalue weighted by atomic mass is 16.2. The van der Waals surface area contributed by atoms with Crippen LogP contribution in [0.25, 0.3) is 0 Å². The van der Waals surface area contributed by atoms with Crippen LogP contribution in [-0.2, 0) is 9.59 Å². The first kappa shape index (κ1) is 19.6. The lowest BCUT2D eigenvalue weighted by atomic mass is 9.45. The van der Waals surface area contributed by atoms with Crippen LogP contribution in [0.2, 0.25) is 0 Å². The first-order valence-corrected chi connectivity index (χ1v) is 10.7. The number of carbonyl (C=O) groups is 2. The largest absolute Gasteiger partial charge is 0.342 e. The number of nitrogens with zero attached hydrogens (tertiary/aromatic N) is 1. The van der Waals surface area contributed by atoms with E-state index < -0.39 is 0 Å². The molecule has 1 saturated heterocycles. The lowest BCUT2D eigenvalue weighted by Gasteiger charge is -2.62. The van der Waals surface area contributed by atoms with E-state index in [4.69, 9.17) is 0 Å². The highest BCUT2D eigenvalue weighted by Gasteiger charge is 2.63. The van der Waals surface area contributed by atoms with Gasteiger partial charge in [-0.3, -0.25) is 9.59 Å². The molecule has 1 amide bonds. The van der Waals surface area contributed by atoms with Gasteiger partial charge in [0.05, 0.1) is 0 Å². The summed E-state index contributed by atoms with van der Waals surface area (Å²) in [6, 6.07) is 0.375. The highest BCUT2D eigenvalue weighted by Crippen LogP contribution is 2.65. The van der Waals surface area contributed by atoms with E-state index in [0.29, 0.717) is 47.8 Å². The second-order valence-corrected chi connectivity index (χ2v) is 9.62. The Bertz CT molecular complexity index is 626. The van der Waals surface area contributed by atoms with E-state index in [2.05, 4.69) is 27.4 Å². The van der Waals surface area contributed by atoms with E-state index in [0.717, 1.165) is 37.7 Å². The second-order valence-electron chi connectivity index (χ2n) is 9.62. The SMILES string of the molecule is C=C1CC2C3C(C)CC4N(C)C(=O)CC[C@]4(C)C3CC[C@]2(C)C1=O.CC. The molecule has 0 bridgehead atoms. The van der Waals surface area contributed by atoms with Crippen molar-refractivity contribution in [3.8, 4) is 0 Å². The Morgan fingerprint density at radius 1 is 1.12 bits per heavy atom. The number of carbonyl (C=O) groups excluding carboxylic acids is 2. The number of Topliss-reactive ketones (excluding diaryl/α,β-unsaturated/α-hetero) is 1. The Balaban J connectivity index is 0.000000948. The van der Waals surface area contributed by atoms with E-state index >= 15 is 0 Å². The van der Waals surface area contributed by atoms with Crippen LogP contribution in [0.5, 0.6) is 0 Å². The molecule has 7 atom stereocenters. The molecule has 146 valence electrons. The number of allylic oxidation sites excluding steroid dienone is 1. The van der Waals surface area contributed by atoms with Gasteiger partial charge in [-0.05, 0) is 66.8 Å². The van der Waals surface area contributed by atoms with E-state index in [9.17, 15) is 9.59 Å². The maximum Gasteiger partial charge on any atom is 0.222 e. The molecule has 0 aromatic heterocycles. The van der Waals surface area contributed by atoms with Crippen LogP contribution < -0.4 is 0 Å². The lowest BCUT2D eigenvalue weighted by molar-refractivity contribution is -0.166. The van der Waals surface area contributed by atoms with Crippen LogP contribution in [0.1, 0.15) is 73.1 Å². The van der Waals surface area contributed by atoms with Gasteiger partial charge in [-0.25, -0.2) is 0 Å². The van der Waals surface area contributed by atoms with Crippen molar-refractivity contribution in [2.75, 3.05) is 7.05 Å². The monoisotopic (exact) mass is 359 g/mol. The molecule has 5 unspecified atom stereocenters. The van der Waals surface area contributed by atoms with E-state index in [1.165, 1.54) is 0 Å². The summed E-state index contributed by atoms with van der Waals surface area (Å²) in [6.45, 7) is 15.1. The normalized spacial score (nSPS) is 47.5. The van der Waals surface area contributed by atoms with E-state index in [-0.39, 0.29) is 10.8 Å². The molecule has 26 heavy (non-hydrogen) atoms. The number of hydrogen-bond acceptors (Lipinski definition) is 2. The number of rotatable bonds is 0. The molecule has 0 aromatic rings. The molecular weight excluding hydrogens is 322 g/mol. The molecule has 3 nitrogen and oxygen atoms in total. The Hall–Kier alpha value is -1.12. The zero-order chi connectivity index (χ0) is 19.4. The zero-order valence-corrected chi connectivity index (χ0v) is 17.6. The Labute approximate surface area is 159 Å². The van der Waals surface area contributed by atoms with Gasteiger partial charge < -0.3 is 4.90 Å². The molecule has 0 N–H and O–H groups in total. The predicted octanol–water partition coefficient (Wildman–Crippen LogP) is 4.86. The van der Waals surface area contributed by atoms with Crippen LogP contribution in [0.4, 0.5) is 0 Å². The van der Waals surface area contributed by atoms with Gasteiger partial charge in [0, 0.05) is 24.9 Å². The van der Waals surface area contributed by atoms with Crippen LogP contribution >= 0.6 is 0 Å². The quantitative estimate of drug-likeness (QED) is 0.579. The lowest BCUT2D eigenvalue weighted by Crippen LogP contribution is -2.63. The zero-order valence-electron chi connectivity index (χ0n) is 17.6. The summed E-state index contributed by atoms with van der Waals surface area (Å²) in [7, 11) is 2.01. The van der Waals surface area contributed by atoms with Crippen molar-refractivity contribution in [1.29, 1.82) is 0 Å². The van der Waals surface area contributed by atoms with E-state index in [1.54, 1.807) is 0 Å². The third kappa shape index (κ3) is 2.45. The van der Waals surface area contributed by atoms with Crippen molar-refractivity contribution in [1.82, 2.24) is 4.90 Å². The smallest absolute Gasteiger partial charge is 0.222 e. The minimum absolute atomic E-state index is 0.175. The molecule has 3 saturated carbocycles. The molecule has 1 heterocycles. The molecule has 3 aliphatic carbocycles. The number of piperidine rings is 1. The molecule has 4 fully saturated rings. The molecule has 4 rings (SSSR count). The molecule has 1 aliphatic heterocycles. The van der Waals surface area contributed by atoms with Gasteiger partial charge in [0.2, 0.25) is 5.91 Å². The van der Waals surface area contributed by atoms with Crippen LogP contribution in [0.3, 0.4) is 0 Å². The molecule has 0 spiro atoms. The van der Waals surface area contributed by atoms with Crippen LogP contribution in [-0.4, -0.2) is 29.7 Å². The topological polar surface area (TPSA) is 37.4 Å². The van der Waals surface area contributed by atoms with Crippen molar-refractivity contribution >= 4 is 11.7 Å². The van der Waals surface area contributed by atoms with Gasteiger partial charge in [0.1, 0.15) is 0 Å². The first-order valence-electron chi connectivity index (χ1n) is 10.7. The van der Waals surface area contributed by atoms with Crippen molar-refractivity contribution < 1.29 is 9.59 Å². The summed E-state index contributed by atoms with van der Waals surface area (Å²) in [5, 5.41) is 0. The van der Waals surface area contributed by atoms with Crippen molar-refractivity contribution in [2.24, 2.45) is 34.5 Å². The summed E-state index contributed by atoms with van der Waals surface area (Å²) in [4.78, 5) is 27.0. The van der Waals surface area contributed by atoms with Crippen molar-refractivity contribution in [2.45, 2.75) is 79.2 Å². The molecule has 4 aliphatic rings. The average molecular weight is 360 g/mol. The van der Waals surface area contributed by atoms with Gasteiger partial charge in [-0.15, -0.1) is 0 Å². The fraction of sp³-hybridized carbons (Fsp3) is 0.826. The van der Waals surface area contributed by atoms with Gasteiger partial charge in [0.15, 0.2) is 5.78 Å². The minimum Gasteiger partial charge on any atom is -0.342 e. The number of hydrogen-bond donors (Lipinski definition) is 0. The van der Waals surface area contributed by atoms with Gasteiger partial charge in [-0.2, -0.15) is 0 Å². The van der Waals surface area contributed by atoms with Gasteiger partial charge >= 0.3 is 0 Å². The van der Waals surface area contributed by atoms with E-state index in [1.807, 2.05) is 25.8 Å². The van der Waals surface area contributed by atoms with Gasteiger partial charge in [-0.1, -0.05) is 41.2 Å². The Morgan fingerprint density at radius 3 is 2.42 bits per heavy atom. The average Bonchev–Trinajstić information content (AvgIpc) is 2.86. The summed E-state index contributed by atoms with van der Waals surface area (Å²) in [6.07, 6.45) is 5.84. The van der Waals surface area contributed by atoms with Crippen LogP contribution in [0.15, 0.2) is 12.2 Å². The Kier molecular flexibility index (Phi) is 4.90. The number of ketones is 1. The Morgan fingerprint density at radius 2 is 1.77 bits per heavy atom. The standard InChI is InChI=1S/C21H31NO2.C2H6/c1-12-11-16-20(3,9-7-17(23)22(16)5)14-6-8-21(4)15(18(12)14)10-13(2)19(21)24;1-2/h12,14-16,18H,2,6-11H2,1,3-5H3;1-2H3/t12?,14?,15?,16?,18?,20-,21+;/m1./s1. The second kappa shape index (κ2) is 6.49. The maximum atomic E-state index is 12.7.